The number of aliphatic hydroxyl groups excluding tert-OH is 1. The van der Waals surface area contributed by atoms with E-state index in [0.717, 1.165) is 36.8 Å². The topological polar surface area (TPSA) is 107 Å². The van der Waals surface area contributed by atoms with Crippen LogP contribution in [0.15, 0.2) is 16.7 Å². The molecule has 1 amide bonds. The Hall–Kier alpha value is -2.28. The molecular weight excluding hydrogens is 300 g/mol. The second-order valence-electron chi connectivity index (χ2n) is 5.98. The average molecular weight is 320 g/mol. The highest BCUT2D eigenvalue weighted by molar-refractivity contribution is 5.84. The third-order valence-electron chi connectivity index (χ3n) is 4.63. The minimum atomic E-state index is -0.845. The third-order valence-corrected chi connectivity index (χ3v) is 4.63. The molecule has 0 radical (unpaired) electrons. The fourth-order valence-electron chi connectivity index (χ4n) is 3.19. The molecule has 0 spiro atoms. The second kappa shape index (κ2) is 6.45. The molecule has 124 valence electrons. The minimum Gasteiger partial charge on any atom is -0.507 e. The number of rotatable bonds is 4. The summed E-state index contributed by atoms with van der Waals surface area (Å²) < 4.78 is 5.28. The van der Waals surface area contributed by atoms with E-state index in [1.54, 1.807) is 12.1 Å². The number of benzene rings is 1. The molecule has 0 aliphatic carbocycles. The highest BCUT2D eigenvalue weighted by Gasteiger charge is 2.23. The van der Waals surface area contributed by atoms with Crippen LogP contribution < -0.4 is 0 Å². The lowest BCUT2D eigenvalue weighted by molar-refractivity contribution is 0.123. The summed E-state index contributed by atoms with van der Waals surface area (Å²) in [7, 11) is 0. The van der Waals surface area contributed by atoms with Crippen LogP contribution in [-0.4, -0.2) is 44.6 Å². The van der Waals surface area contributed by atoms with Crippen LogP contribution in [0.1, 0.15) is 30.5 Å². The molecule has 0 unspecified atom stereocenters. The number of phenols is 1. The Bertz CT molecular complexity index is 704. The molecule has 1 aliphatic rings. The number of carboxylic acid groups (broad SMARTS) is 1. The summed E-state index contributed by atoms with van der Waals surface area (Å²) in [6.45, 7) is 0.871. The van der Waals surface area contributed by atoms with Gasteiger partial charge in [-0.2, -0.15) is 0 Å². The van der Waals surface area contributed by atoms with Gasteiger partial charge in [-0.05, 0) is 43.7 Å². The zero-order valence-electron chi connectivity index (χ0n) is 12.7. The number of aromatic nitrogens is 1. The quantitative estimate of drug-likeness (QED) is 0.798. The predicted molar refractivity (Wildman–Crippen MR) is 82.2 cm³/mol. The van der Waals surface area contributed by atoms with Crippen molar-refractivity contribution in [2.24, 2.45) is 5.92 Å². The Morgan fingerprint density at radius 1 is 1.35 bits per heavy atom. The van der Waals surface area contributed by atoms with Gasteiger partial charge in [0, 0.05) is 18.5 Å². The number of piperidine rings is 1. The smallest absolute Gasteiger partial charge is 0.407 e. The standard InChI is InChI=1S/C16H20N2O5/c19-9-12-14(20)4-2-11-13(17-23-15(11)12)3-1-10-5-7-18(8-6-10)16(21)22/h2,4,10,19-20H,1,3,5-9H2,(H,21,22). The first-order chi connectivity index (χ1) is 11.1. The Balaban J connectivity index is 1.65. The Morgan fingerprint density at radius 2 is 2.09 bits per heavy atom. The maximum atomic E-state index is 10.9. The summed E-state index contributed by atoms with van der Waals surface area (Å²) in [5, 5.41) is 32.9. The Labute approximate surface area is 133 Å². The molecule has 1 saturated heterocycles. The lowest BCUT2D eigenvalue weighted by Gasteiger charge is -2.29. The first-order valence-corrected chi connectivity index (χ1v) is 7.78. The number of hydrogen-bond donors (Lipinski definition) is 3. The second-order valence-corrected chi connectivity index (χ2v) is 5.98. The maximum Gasteiger partial charge on any atom is 0.407 e. The molecule has 0 saturated carbocycles. The van der Waals surface area contributed by atoms with E-state index >= 15 is 0 Å². The first kappa shape index (κ1) is 15.6. The number of fused-ring (bicyclic) bond motifs is 1. The van der Waals surface area contributed by atoms with Crippen LogP contribution in [0.5, 0.6) is 5.75 Å². The van der Waals surface area contributed by atoms with E-state index in [-0.39, 0.29) is 12.4 Å². The normalized spacial score (nSPS) is 16.1. The summed E-state index contributed by atoms with van der Waals surface area (Å²) >= 11 is 0. The van der Waals surface area contributed by atoms with Crippen LogP contribution in [0.3, 0.4) is 0 Å². The summed E-state index contributed by atoms with van der Waals surface area (Å²) in [4.78, 5) is 12.4. The van der Waals surface area contributed by atoms with Gasteiger partial charge in [0.05, 0.1) is 17.9 Å². The summed E-state index contributed by atoms with van der Waals surface area (Å²) in [6, 6.07) is 3.29. The molecule has 0 atom stereocenters. The van der Waals surface area contributed by atoms with E-state index < -0.39 is 6.09 Å². The number of aliphatic hydroxyl groups is 1. The number of aromatic hydroxyl groups is 1. The van der Waals surface area contributed by atoms with Crippen LogP contribution in [0, 0.1) is 5.92 Å². The lowest BCUT2D eigenvalue weighted by Crippen LogP contribution is -2.37. The van der Waals surface area contributed by atoms with Crippen molar-refractivity contribution in [2.75, 3.05) is 13.1 Å². The molecule has 23 heavy (non-hydrogen) atoms. The molecule has 7 heteroatoms. The zero-order valence-corrected chi connectivity index (χ0v) is 12.7. The van der Waals surface area contributed by atoms with Crippen molar-refractivity contribution in [1.82, 2.24) is 10.1 Å². The molecule has 0 bridgehead atoms. The van der Waals surface area contributed by atoms with Gasteiger partial charge in [-0.3, -0.25) is 0 Å². The van der Waals surface area contributed by atoms with Crippen LogP contribution in [0.2, 0.25) is 0 Å². The van der Waals surface area contributed by atoms with E-state index in [1.165, 1.54) is 4.90 Å². The molecular formula is C16H20N2O5. The van der Waals surface area contributed by atoms with Crippen molar-refractivity contribution >= 4 is 17.1 Å². The van der Waals surface area contributed by atoms with Crippen molar-refractivity contribution in [2.45, 2.75) is 32.3 Å². The van der Waals surface area contributed by atoms with E-state index in [2.05, 4.69) is 5.16 Å². The van der Waals surface area contributed by atoms with Crippen molar-refractivity contribution in [3.63, 3.8) is 0 Å². The molecule has 3 N–H and O–H groups in total. The highest BCUT2D eigenvalue weighted by Crippen LogP contribution is 2.31. The predicted octanol–water partition coefficient (Wildman–Crippen LogP) is 2.35. The summed E-state index contributed by atoms with van der Waals surface area (Å²) in [5.41, 5.74) is 1.61. The van der Waals surface area contributed by atoms with Gasteiger partial charge in [0.15, 0.2) is 5.58 Å². The van der Waals surface area contributed by atoms with Crippen molar-refractivity contribution in [3.05, 3.63) is 23.4 Å². The third kappa shape index (κ3) is 3.10. The molecule has 2 aromatic rings. The van der Waals surface area contributed by atoms with Crippen molar-refractivity contribution in [3.8, 4) is 5.75 Å². The average Bonchev–Trinajstić information content (AvgIpc) is 2.96. The van der Waals surface area contributed by atoms with E-state index in [4.69, 9.17) is 9.63 Å². The Kier molecular flexibility index (Phi) is 4.38. The van der Waals surface area contributed by atoms with Gasteiger partial charge in [-0.25, -0.2) is 4.79 Å². The monoisotopic (exact) mass is 320 g/mol. The number of likely N-dealkylation sites (tertiary alicyclic amines) is 1. The number of carbonyl (C=O) groups is 1. The van der Waals surface area contributed by atoms with Gasteiger partial charge in [0.2, 0.25) is 0 Å². The van der Waals surface area contributed by atoms with Gasteiger partial charge in [-0.15, -0.1) is 0 Å². The van der Waals surface area contributed by atoms with Gasteiger partial charge < -0.3 is 24.7 Å². The highest BCUT2D eigenvalue weighted by atomic mass is 16.5. The van der Waals surface area contributed by atoms with Crippen LogP contribution in [0.4, 0.5) is 4.79 Å². The van der Waals surface area contributed by atoms with E-state index in [9.17, 15) is 15.0 Å². The molecule has 7 nitrogen and oxygen atoms in total. The van der Waals surface area contributed by atoms with E-state index in [0.29, 0.717) is 30.2 Å². The molecule has 1 aromatic carbocycles. The summed E-state index contributed by atoms with van der Waals surface area (Å²) in [6.07, 6.45) is 2.54. The summed E-state index contributed by atoms with van der Waals surface area (Å²) in [5.74, 6) is 0.482. The van der Waals surface area contributed by atoms with Crippen LogP contribution in [-0.2, 0) is 13.0 Å². The molecule has 1 aromatic heterocycles. The van der Waals surface area contributed by atoms with Gasteiger partial charge >= 0.3 is 6.09 Å². The fourth-order valence-corrected chi connectivity index (χ4v) is 3.19. The molecule has 2 heterocycles. The maximum absolute atomic E-state index is 10.9. The van der Waals surface area contributed by atoms with Gasteiger partial charge in [0.25, 0.3) is 0 Å². The van der Waals surface area contributed by atoms with Crippen LogP contribution >= 0.6 is 0 Å². The number of nitrogens with zero attached hydrogens (tertiary/aromatic N) is 2. The molecule has 1 fully saturated rings. The SMILES string of the molecule is O=C(O)N1CCC(CCc2noc3c(CO)c(O)ccc23)CC1. The van der Waals surface area contributed by atoms with Crippen molar-refractivity contribution < 1.29 is 24.6 Å². The largest absolute Gasteiger partial charge is 0.507 e. The number of aryl methyl sites for hydroxylation is 1. The first-order valence-electron chi connectivity index (χ1n) is 7.78. The molecule has 1 aliphatic heterocycles. The minimum absolute atomic E-state index is 0.00347. The molecule has 3 rings (SSSR count). The lowest BCUT2D eigenvalue weighted by atomic mass is 9.91. The van der Waals surface area contributed by atoms with Gasteiger partial charge in [-0.1, -0.05) is 5.16 Å². The number of hydrogen-bond acceptors (Lipinski definition) is 5. The van der Waals surface area contributed by atoms with E-state index in [1.807, 2.05) is 0 Å². The van der Waals surface area contributed by atoms with Crippen molar-refractivity contribution in [1.29, 1.82) is 0 Å². The fraction of sp³-hybridized carbons (Fsp3) is 0.500. The zero-order chi connectivity index (χ0) is 16.4. The van der Waals surface area contributed by atoms with Gasteiger partial charge in [0.1, 0.15) is 5.75 Å². The number of amides is 1. The Morgan fingerprint density at radius 3 is 2.74 bits per heavy atom. The van der Waals surface area contributed by atoms with Crippen LogP contribution in [0.25, 0.3) is 11.0 Å².